The van der Waals surface area contributed by atoms with E-state index in [0.717, 1.165) is 17.5 Å². The minimum atomic E-state index is -4.98. The highest BCUT2D eigenvalue weighted by molar-refractivity contribution is 6.36. The van der Waals surface area contributed by atoms with Gasteiger partial charge in [0.1, 0.15) is 6.04 Å². The normalized spacial score (nSPS) is 13.4. The van der Waals surface area contributed by atoms with E-state index in [1.54, 1.807) is 31.2 Å². The van der Waals surface area contributed by atoms with Crippen molar-refractivity contribution in [2.24, 2.45) is 0 Å². The third-order valence-corrected chi connectivity index (χ3v) is 5.45. The largest absolute Gasteiger partial charge is 0.464 e. The molecule has 0 radical (unpaired) electrons. The molecule has 2 unspecified atom stereocenters. The van der Waals surface area contributed by atoms with E-state index in [4.69, 9.17) is 27.9 Å². The summed E-state index contributed by atoms with van der Waals surface area (Å²) in [5.41, 5.74) is 1.10. The Morgan fingerprint density at radius 3 is 2.10 bits per heavy atom. The molecule has 0 N–H and O–H groups in total. The lowest BCUT2D eigenvalue weighted by Crippen LogP contribution is -2.49. The third kappa shape index (κ3) is 6.14. The second kappa shape index (κ2) is 10.4. The number of alkyl halides is 3. The lowest BCUT2D eigenvalue weighted by Gasteiger charge is -2.31. The van der Waals surface area contributed by atoms with Gasteiger partial charge in [-0.05, 0) is 31.5 Å². The average Bonchev–Trinajstić information content (AvgIpc) is 2.68. The summed E-state index contributed by atoms with van der Waals surface area (Å²) in [5.74, 6) is -4.79. The second-order valence-electron chi connectivity index (χ2n) is 7.02. The van der Waals surface area contributed by atoms with E-state index in [1.807, 2.05) is 6.92 Å². The van der Waals surface area contributed by atoms with Gasteiger partial charge in [-0.3, -0.25) is 4.79 Å². The monoisotopic (exact) mass is 475 g/mol. The predicted octanol–water partition coefficient (Wildman–Crippen LogP) is 5.58. The van der Waals surface area contributed by atoms with Crippen molar-refractivity contribution in [2.45, 2.75) is 38.4 Å². The van der Waals surface area contributed by atoms with Gasteiger partial charge in [-0.1, -0.05) is 59.1 Å². The highest BCUT2D eigenvalue weighted by Gasteiger charge is 2.50. The van der Waals surface area contributed by atoms with Crippen LogP contribution in [0.2, 0.25) is 10.0 Å². The zero-order chi connectivity index (χ0) is 23.3. The van der Waals surface area contributed by atoms with Gasteiger partial charge in [-0.2, -0.15) is 13.2 Å². The molecule has 0 aliphatic rings. The number of nitrogens with zero attached hydrogens (tertiary/aromatic N) is 1. The molecule has 168 valence electrons. The first kappa shape index (κ1) is 25.0. The molecule has 2 aromatic carbocycles. The van der Waals surface area contributed by atoms with Gasteiger partial charge in [0.2, 0.25) is 5.91 Å². The smallest absolute Gasteiger partial charge is 0.404 e. The number of hydrogen-bond donors (Lipinski definition) is 0. The molecule has 1 amide bonds. The van der Waals surface area contributed by atoms with Crippen molar-refractivity contribution in [3.63, 3.8) is 0 Å². The lowest BCUT2D eigenvalue weighted by molar-refractivity contribution is -0.175. The minimum absolute atomic E-state index is 0.0117. The molecular formula is C22H22Cl2F3NO3. The molecule has 0 heterocycles. The van der Waals surface area contributed by atoms with Crippen LogP contribution < -0.4 is 0 Å². The van der Waals surface area contributed by atoms with Gasteiger partial charge in [-0.15, -0.1) is 0 Å². The highest BCUT2D eigenvalue weighted by atomic mass is 35.5. The number of carbonyl (C=O) groups is 2. The summed E-state index contributed by atoms with van der Waals surface area (Å²) < 4.78 is 47.0. The number of hydrogen-bond acceptors (Lipinski definition) is 3. The van der Waals surface area contributed by atoms with Crippen LogP contribution in [0.3, 0.4) is 0 Å². The van der Waals surface area contributed by atoms with Crippen LogP contribution in [0.5, 0.6) is 0 Å². The average molecular weight is 476 g/mol. The quantitative estimate of drug-likeness (QED) is 0.491. The van der Waals surface area contributed by atoms with Gasteiger partial charge in [-0.25, -0.2) is 4.79 Å². The fourth-order valence-electron chi connectivity index (χ4n) is 3.14. The van der Waals surface area contributed by atoms with E-state index < -0.39 is 35.6 Å². The predicted molar refractivity (Wildman–Crippen MR) is 113 cm³/mol. The number of aryl methyl sites for hydroxylation is 1. The molecule has 0 aliphatic heterocycles. The Kier molecular flexibility index (Phi) is 8.37. The Bertz CT molecular complexity index is 912. The standard InChI is InChI=1S/C22H22Cl2F3NO3/c1-4-31-21(30)17(12-14-10-8-13(2)9-11-14)28(3)20(29)19(22(25,26)27)18-15(23)6-5-7-16(18)24/h5-11,17,19H,4,12H2,1-3H3. The van der Waals surface area contributed by atoms with E-state index in [2.05, 4.69) is 0 Å². The Labute approximate surface area is 188 Å². The van der Waals surface area contributed by atoms with Gasteiger partial charge in [0.25, 0.3) is 0 Å². The van der Waals surface area contributed by atoms with Crippen molar-refractivity contribution in [3.05, 3.63) is 69.2 Å². The first-order valence-corrected chi connectivity index (χ1v) is 10.2. The first-order valence-electron chi connectivity index (χ1n) is 9.46. The molecule has 0 aliphatic carbocycles. The summed E-state index contributed by atoms with van der Waals surface area (Å²) in [6, 6.07) is 9.67. The van der Waals surface area contributed by atoms with Crippen LogP contribution in [-0.4, -0.2) is 42.6 Å². The SMILES string of the molecule is CCOC(=O)C(Cc1ccc(C)cc1)N(C)C(=O)C(c1c(Cl)cccc1Cl)C(F)(F)F. The van der Waals surface area contributed by atoms with Crippen LogP contribution >= 0.6 is 23.2 Å². The van der Waals surface area contributed by atoms with Gasteiger partial charge < -0.3 is 9.64 Å². The second-order valence-corrected chi connectivity index (χ2v) is 7.83. The van der Waals surface area contributed by atoms with Crippen molar-refractivity contribution < 1.29 is 27.5 Å². The van der Waals surface area contributed by atoms with Crippen molar-refractivity contribution >= 4 is 35.1 Å². The summed E-state index contributed by atoms with van der Waals surface area (Å²) >= 11 is 11.9. The van der Waals surface area contributed by atoms with Crippen molar-refractivity contribution in [2.75, 3.05) is 13.7 Å². The zero-order valence-electron chi connectivity index (χ0n) is 17.2. The molecule has 0 spiro atoms. The molecular weight excluding hydrogens is 454 g/mol. The Balaban J connectivity index is 2.46. The number of benzene rings is 2. The summed E-state index contributed by atoms with van der Waals surface area (Å²) in [6.45, 7) is 3.47. The fraction of sp³-hybridized carbons (Fsp3) is 0.364. The van der Waals surface area contributed by atoms with Crippen LogP contribution in [-0.2, 0) is 20.7 Å². The fourth-order valence-corrected chi connectivity index (χ4v) is 3.75. The maximum absolute atomic E-state index is 14.0. The maximum Gasteiger partial charge on any atom is 0.404 e. The topological polar surface area (TPSA) is 46.6 Å². The van der Waals surface area contributed by atoms with Gasteiger partial charge in [0.15, 0.2) is 5.92 Å². The van der Waals surface area contributed by atoms with Crippen LogP contribution in [0.4, 0.5) is 13.2 Å². The summed E-state index contributed by atoms with van der Waals surface area (Å²) in [6.07, 6.45) is -4.99. The molecule has 31 heavy (non-hydrogen) atoms. The number of likely N-dealkylation sites (N-methyl/N-ethyl adjacent to an activating group) is 1. The van der Waals surface area contributed by atoms with Crippen molar-refractivity contribution in [1.82, 2.24) is 4.90 Å². The molecule has 2 atom stereocenters. The zero-order valence-corrected chi connectivity index (χ0v) is 18.7. The number of amides is 1. The van der Waals surface area contributed by atoms with Crippen molar-refractivity contribution in [3.8, 4) is 0 Å². The molecule has 0 saturated carbocycles. The summed E-state index contributed by atoms with van der Waals surface area (Å²) in [5, 5.41) is -0.578. The molecule has 2 rings (SSSR count). The Morgan fingerprint density at radius 1 is 1.06 bits per heavy atom. The Hall–Kier alpha value is -2.25. The molecule has 0 saturated heterocycles. The number of carbonyl (C=O) groups excluding carboxylic acids is 2. The molecule has 0 fully saturated rings. The van der Waals surface area contributed by atoms with E-state index in [1.165, 1.54) is 18.2 Å². The lowest BCUT2D eigenvalue weighted by atomic mass is 9.95. The molecule has 0 bridgehead atoms. The summed E-state index contributed by atoms with van der Waals surface area (Å²) in [4.78, 5) is 26.4. The van der Waals surface area contributed by atoms with E-state index in [9.17, 15) is 22.8 Å². The number of rotatable bonds is 7. The summed E-state index contributed by atoms with van der Waals surface area (Å²) in [7, 11) is 1.14. The number of ether oxygens (including phenoxy) is 1. The maximum atomic E-state index is 14.0. The van der Waals surface area contributed by atoms with Gasteiger partial charge in [0, 0.05) is 29.1 Å². The third-order valence-electron chi connectivity index (χ3n) is 4.79. The number of esters is 1. The molecule has 9 heteroatoms. The van der Waals surface area contributed by atoms with E-state index >= 15 is 0 Å². The van der Waals surface area contributed by atoms with Gasteiger partial charge >= 0.3 is 12.1 Å². The van der Waals surface area contributed by atoms with Gasteiger partial charge in [0.05, 0.1) is 6.61 Å². The highest BCUT2D eigenvalue weighted by Crippen LogP contribution is 2.42. The molecule has 0 aromatic heterocycles. The first-order chi connectivity index (χ1) is 14.5. The van der Waals surface area contributed by atoms with Crippen LogP contribution in [0.25, 0.3) is 0 Å². The van der Waals surface area contributed by atoms with Crippen LogP contribution in [0.15, 0.2) is 42.5 Å². The van der Waals surface area contributed by atoms with Crippen LogP contribution in [0.1, 0.15) is 29.5 Å². The van der Waals surface area contributed by atoms with E-state index in [0.29, 0.717) is 5.56 Å². The molecule has 4 nitrogen and oxygen atoms in total. The minimum Gasteiger partial charge on any atom is -0.464 e. The number of halogens is 5. The van der Waals surface area contributed by atoms with E-state index in [-0.39, 0.29) is 23.1 Å². The Morgan fingerprint density at radius 2 is 1.61 bits per heavy atom. The van der Waals surface area contributed by atoms with Crippen molar-refractivity contribution in [1.29, 1.82) is 0 Å². The van der Waals surface area contributed by atoms with Crippen LogP contribution in [0, 0.1) is 6.92 Å². The molecule has 2 aromatic rings.